The van der Waals surface area contributed by atoms with Gasteiger partial charge >= 0.3 is 0 Å². The molecule has 7 heteroatoms. The lowest BCUT2D eigenvalue weighted by atomic mass is 10.2. The number of morpholine rings is 1. The van der Waals surface area contributed by atoms with E-state index in [0.717, 1.165) is 30.9 Å². The van der Waals surface area contributed by atoms with E-state index in [2.05, 4.69) is 31.8 Å². The lowest BCUT2D eigenvalue weighted by Gasteiger charge is -2.36. The molecule has 1 aliphatic rings. The second-order valence-electron chi connectivity index (χ2n) is 4.34. The molecule has 0 spiro atoms. The number of nitrogen functional groups attached to an aromatic ring is 1. The van der Waals surface area contributed by atoms with E-state index in [1.165, 1.54) is 0 Å². The molecule has 3 heterocycles. The number of imidazole rings is 1. The Kier molecular flexibility index (Phi) is 2.75. The van der Waals surface area contributed by atoms with E-state index in [4.69, 9.17) is 10.5 Å². The van der Waals surface area contributed by atoms with E-state index in [9.17, 15) is 0 Å². The van der Waals surface area contributed by atoms with Crippen LogP contribution in [0.4, 0.5) is 11.8 Å². The fraction of sp³-hybridized carbons (Fsp3) is 0.545. The van der Waals surface area contributed by atoms with Crippen LogP contribution in [0, 0.1) is 0 Å². The van der Waals surface area contributed by atoms with Gasteiger partial charge in [0.2, 0.25) is 5.95 Å². The van der Waals surface area contributed by atoms with Crippen molar-refractivity contribution in [3.05, 3.63) is 6.33 Å². The van der Waals surface area contributed by atoms with Crippen LogP contribution in [0.25, 0.3) is 11.2 Å². The summed E-state index contributed by atoms with van der Waals surface area (Å²) in [6.07, 6.45) is 2.61. The molecule has 96 valence electrons. The van der Waals surface area contributed by atoms with E-state index in [1.54, 1.807) is 6.33 Å². The van der Waals surface area contributed by atoms with Crippen molar-refractivity contribution >= 4 is 22.9 Å². The molecular formula is C11H16N6O. The first kappa shape index (κ1) is 11.2. The Morgan fingerprint density at radius 3 is 3.28 bits per heavy atom. The highest BCUT2D eigenvalue weighted by molar-refractivity contribution is 5.84. The monoisotopic (exact) mass is 248 g/mol. The predicted molar refractivity (Wildman–Crippen MR) is 68.3 cm³/mol. The average Bonchev–Trinajstić information content (AvgIpc) is 2.85. The Morgan fingerprint density at radius 1 is 1.56 bits per heavy atom. The molecule has 3 rings (SSSR count). The van der Waals surface area contributed by atoms with Gasteiger partial charge in [-0.15, -0.1) is 0 Å². The van der Waals surface area contributed by atoms with Gasteiger partial charge in [0.15, 0.2) is 11.5 Å². The van der Waals surface area contributed by atoms with E-state index in [1.807, 2.05) is 0 Å². The summed E-state index contributed by atoms with van der Waals surface area (Å²) < 4.78 is 5.51. The first-order chi connectivity index (χ1) is 8.79. The van der Waals surface area contributed by atoms with Crippen LogP contribution < -0.4 is 10.6 Å². The van der Waals surface area contributed by atoms with Crippen LogP contribution in [0.1, 0.15) is 13.3 Å². The topological polar surface area (TPSA) is 92.9 Å². The Hall–Kier alpha value is -1.89. The SMILES string of the molecule is CCC1COCCN1c1nc(N)nc2nc[nH]c12. The standard InChI is InChI=1S/C11H16N6O/c1-2-7-5-18-4-3-17(7)10-8-9(14-6-13-8)15-11(12)16-10/h6-7H,2-5H2,1H3,(H3,12,13,14,15,16). The van der Waals surface area contributed by atoms with Gasteiger partial charge in [-0.3, -0.25) is 0 Å². The number of anilines is 2. The molecule has 1 aliphatic heterocycles. The smallest absolute Gasteiger partial charge is 0.224 e. The zero-order chi connectivity index (χ0) is 12.5. The van der Waals surface area contributed by atoms with Crippen LogP contribution in [0.3, 0.4) is 0 Å². The zero-order valence-electron chi connectivity index (χ0n) is 10.3. The summed E-state index contributed by atoms with van der Waals surface area (Å²) >= 11 is 0. The number of rotatable bonds is 2. The van der Waals surface area contributed by atoms with Crippen molar-refractivity contribution in [3.63, 3.8) is 0 Å². The minimum Gasteiger partial charge on any atom is -0.377 e. The fourth-order valence-electron chi connectivity index (χ4n) is 2.31. The highest BCUT2D eigenvalue weighted by atomic mass is 16.5. The zero-order valence-corrected chi connectivity index (χ0v) is 10.3. The second kappa shape index (κ2) is 4.41. The molecule has 0 amide bonds. The molecule has 1 unspecified atom stereocenters. The second-order valence-corrected chi connectivity index (χ2v) is 4.34. The van der Waals surface area contributed by atoms with Crippen LogP contribution in [0.2, 0.25) is 0 Å². The number of nitrogens with one attached hydrogen (secondary N) is 1. The summed E-state index contributed by atoms with van der Waals surface area (Å²) in [7, 11) is 0. The van der Waals surface area contributed by atoms with Gasteiger partial charge in [0.1, 0.15) is 5.52 Å². The van der Waals surface area contributed by atoms with E-state index < -0.39 is 0 Å². The number of nitrogens with zero attached hydrogens (tertiary/aromatic N) is 4. The van der Waals surface area contributed by atoms with Crippen molar-refractivity contribution in [2.45, 2.75) is 19.4 Å². The molecule has 1 saturated heterocycles. The minimum absolute atomic E-state index is 0.256. The Bertz CT molecular complexity index is 553. The van der Waals surface area contributed by atoms with Crippen molar-refractivity contribution in [1.82, 2.24) is 19.9 Å². The number of aromatic amines is 1. The number of H-pyrrole nitrogens is 1. The van der Waals surface area contributed by atoms with Gasteiger partial charge in [0.05, 0.1) is 25.6 Å². The molecule has 0 radical (unpaired) electrons. The third-order valence-corrected chi connectivity index (χ3v) is 3.25. The molecule has 7 nitrogen and oxygen atoms in total. The molecule has 0 aromatic carbocycles. The quantitative estimate of drug-likeness (QED) is 0.806. The molecule has 2 aromatic heterocycles. The third kappa shape index (κ3) is 1.76. The van der Waals surface area contributed by atoms with Crippen molar-refractivity contribution in [1.29, 1.82) is 0 Å². The Morgan fingerprint density at radius 2 is 2.44 bits per heavy atom. The van der Waals surface area contributed by atoms with Gasteiger partial charge in [0.25, 0.3) is 0 Å². The van der Waals surface area contributed by atoms with Crippen LogP contribution in [-0.4, -0.2) is 45.7 Å². The molecule has 1 fully saturated rings. The number of fused-ring (bicyclic) bond motifs is 1. The van der Waals surface area contributed by atoms with E-state index in [0.29, 0.717) is 18.3 Å². The molecule has 0 bridgehead atoms. The predicted octanol–water partition coefficient (Wildman–Crippen LogP) is 0.550. The van der Waals surface area contributed by atoms with Crippen molar-refractivity contribution in [3.8, 4) is 0 Å². The van der Waals surface area contributed by atoms with Gasteiger partial charge in [0, 0.05) is 6.54 Å². The molecule has 1 atom stereocenters. The molecule has 18 heavy (non-hydrogen) atoms. The van der Waals surface area contributed by atoms with Gasteiger partial charge in [-0.2, -0.15) is 9.97 Å². The summed E-state index contributed by atoms with van der Waals surface area (Å²) in [4.78, 5) is 17.9. The highest BCUT2D eigenvalue weighted by Gasteiger charge is 2.25. The lowest BCUT2D eigenvalue weighted by Crippen LogP contribution is -2.45. The van der Waals surface area contributed by atoms with Crippen LogP contribution in [0.5, 0.6) is 0 Å². The van der Waals surface area contributed by atoms with Crippen LogP contribution in [-0.2, 0) is 4.74 Å². The number of hydrogen-bond donors (Lipinski definition) is 2. The van der Waals surface area contributed by atoms with E-state index >= 15 is 0 Å². The summed E-state index contributed by atoms with van der Waals surface area (Å²) in [6, 6.07) is 0.319. The van der Waals surface area contributed by atoms with Gasteiger partial charge < -0.3 is 20.4 Å². The summed E-state index contributed by atoms with van der Waals surface area (Å²) in [5.41, 5.74) is 7.19. The van der Waals surface area contributed by atoms with Crippen molar-refractivity contribution in [2.75, 3.05) is 30.4 Å². The minimum atomic E-state index is 0.256. The molecule has 0 saturated carbocycles. The third-order valence-electron chi connectivity index (χ3n) is 3.25. The number of nitrogens with two attached hydrogens (primary N) is 1. The van der Waals surface area contributed by atoms with Gasteiger partial charge in [-0.05, 0) is 6.42 Å². The molecular weight excluding hydrogens is 232 g/mol. The first-order valence-electron chi connectivity index (χ1n) is 6.10. The van der Waals surface area contributed by atoms with E-state index in [-0.39, 0.29) is 5.95 Å². The van der Waals surface area contributed by atoms with Crippen molar-refractivity contribution in [2.24, 2.45) is 0 Å². The molecule has 0 aliphatic carbocycles. The number of hydrogen-bond acceptors (Lipinski definition) is 6. The largest absolute Gasteiger partial charge is 0.377 e. The molecule has 2 aromatic rings. The Labute approximate surface area is 104 Å². The summed E-state index contributed by atoms with van der Waals surface area (Å²) in [5, 5.41) is 0. The van der Waals surface area contributed by atoms with Crippen molar-refractivity contribution < 1.29 is 4.74 Å². The van der Waals surface area contributed by atoms with Gasteiger partial charge in [-0.25, -0.2) is 4.98 Å². The van der Waals surface area contributed by atoms with Gasteiger partial charge in [-0.1, -0.05) is 6.92 Å². The van der Waals surface area contributed by atoms with Crippen LogP contribution >= 0.6 is 0 Å². The van der Waals surface area contributed by atoms with Crippen LogP contribution in [0.15, 0.2) is 6.33 Å². The summed E-state index contributed by atoms with van der Waals surface area (Å²) in [5.74, 6) is 1.08. The first-order valence-corrected chi connectivity index (χ1v) is 6.10. The fourth-order valence-corrected chi connectivity index (χ4v) is 2.31. The normalized spacial score (nSPS) is 20.5. The lowest BCUT2D eigenvalue weighted by molar-refractivity contribution is 0.0927. The molecule has 3 N–H and O–H groups in total. The Balaban J connectivity index is 2.08. The number of ether oxygens (including phenoxy) is 1. The maximum absolute atomic E-state index is 5.74. The summed E-state index contributed by atoms with van der Waals surface area (Å²) in [6.45, 7) is 4.37. The highest BCUT2D eigenvalue weighted by Crippen LogP contribution is 2.25. The maximum Gasteiger partial charge on any atom is 0.224 e. The number of aromatic nitrogens is 4. The average molecular weight is 248 g/mol. The maximum atomic E-state index is 5.74.